The van der Waals surface area contributed by atoms with Crippen LogP contribution in [0.4, 0.5) is 20.2 Å². The number of halogens is 2. The Morgan fingerprint density at radius 3 is 2.53 bits per heavy atom. The highest BCUT2D eigenvalue weighted by molar-refractivity contribution is 5.62. The van der Waals surface area contributed by atoms with Crippen molar-refractivity contribution in [2.75, 3.05) is 5.32 Å². The maximum atomic E-state index is 13.5. The van der Waals surface area contributed by atoms with Crippen molar-refractivity contribution >= 4 is 11.4 Å². The standard InChI is InChI=1S/C13H16F2N2O2/c1-7-3-4-11(8(7)2)16-12-6-9(14)5-10(15)13(12)17(18)19/h5-8,11,16H,3-4H2,1-2H3. The van der Waals surface area contributed by atoms with E-state index in [0.29, 0.717) is 17.9 Å². The summed E-state index contributed by atoms with van der Waals surface area (Å²) in [6.07, 6.45) is 1.85. The molecule has 0 aromatic heterocycles. The zero-order valence-electron chi connectivity index (χ0n) is 10.8. The number of nitrogens with zero attached hydrogens (tertiary/aromatic N) is 1. The van der Waals surface area contributed by atoms with Crippen molar-refractivity contribution in [1.82, 2.24) is 0 Å². The molecule has 1 fully saturated rings. The fraction of sp³-hybridized carbons (Fsp3) is 0.538. The Morgan fingerprint density at radius 1 is 1.32 bits per heavy atom. The number of anilines is 1. The van der Waals surface area contributed by atoms with E-state index < -0.39 is 22.2 Å². The molecule has 0 heterocycles. The van der Waals surface area contributed by atoms with Crippen LogP contribution < -0.4 is 5.32 Å². The largest absolute Gasteiger partial charge is 0.376 e. The molecule has 0 radical (unpaired) electrons. The van der Waals surface area contributed by atoms with Crippen molar-refractivity contribution in [1.29, 1.82) is 0 Å². The predicted molar refractivity (Wildman–Crippen MR) is 68.0 cm³/mol. The van der Waals surface area contributed by atoms with E-state index >= 15 is 0 Å². The predicted octanol–water partition coefficient (Wildman–Crippen LogP) is 3.72. The van der Waals surface area contributed by atoms with Crippen LogP contribution in [0.1, 0.15) is 26.7 Å². The van der Waals surface area contributed by atoms with Crippen LogP contribution in [0.3, 0.4) is 0 Å². The second-order valence-corrected chi connectivity index (χ2v) is 5.21. The Hall–Kier alpha value is -1.72. The molecular formula is C13H16F2N2O2. The molecule has 1 aliphatic rings. The Kier molecular flexibility index (Phi) is 3.68. The van der Waals surface area contributed by atoms with E-state index in [1.807, 2.05) is 6.92 Å². The number of nitro groups is 1. The minimum Gasteiger partial charge on any atom is -0.376 e. The number of benzene rings is 1. The fourth-order valence-corrected chi connectivity index (χ4v) is 2.63. The van der Waals surface area contributed by atoms with Crippen LogP contribution >= 0.6 is 0 Å². The van der Waals surface area contributed by atoms with E-state index in [1.165, 1.54) is 0 Å². The molecule has 0 amide bonds. The van der Waals surface area contributed by atoms with Gasteiger partial charge in [-0.2, -0.15) is 4.39 Å². The lowest BCUT2D eigenvalue weighted by Crippen LogP contribution is -2.24. The van der Waals surface area contributed by atoms with Crippen molar-refractivity contribution in [3.05, 3.63) is 33.9 Å². The minimum absolute atomic E-state index is 0.00917. The fourth-order valence-electron chi connectivity index (χ4n) is 2.63. The van der Waals surface area contributed by atoms with E-state index in [2.05, 4.69) is 12.2 Å². The third-order valence-corrected chi connectivity index (χ3v) is 4.02. The lowest BCUT2D eigenvalue weighted by Gasteiger charge is -2.20. The Morgan fingerprint density at radius 2 is 2.00 bits per heavy atom. The van der Waals surface area contributed by atoms with Crippen molar-refractivity contribution in [3.8, 4) is 0 Å². The van der Waals surface area contributed by atoms with Gasteiger partial charge in [0.25, 0.3) is 0 Å². The van der Waals surface area contributed by atoms with Crippen molar-refractivity contribution in [2.45, 2.75) is 32.7 Å². The van der Waals surface area contributed by atoms with E-state index in [-0.39, 0.29) is 11.7 Å². The Labute approximate surface area is 110 Å². The van der Waals surface area contributed by atoms with Gasteiger partial charge in [-0.05, 0) is 24.7 Å². The molecule has 1 saturated carbocycles. The number of nitrogens with one attached hydrogen (secondary N) is 1. The van der Waals surface area contributed by atoms with E-state index in [4.69, 9.17) is 0 Å². The van der Waals surface area contributed by atoms with E-state index in [0.717, 1.165) is 18.9 Å². The average molecular weight is 270 g/mol. The maximum Gasteiger partial charge on any atom is 0.327 e. The number of hydrogen-bond acceptors (Lipinski definition) is 3. The van der Waals surface area contributed by atoms with E-state index in [1.54, 1.807) is 0 Å². The molecule has 19 heavy (non-hydrogen) atoms. The molecule has 0 saturated heterocycles. The van der Waals surface area contributed by atoms with Gasteiger partial charge in [-0.25, -0.2) is 4.39 Å². The molecule has 3 unspecified atom stereocenters. The summed E-state index contributed by atoms with van der Waals surface area (Å²) in [5.41, 5.74) is -0.762. The summed E-state index contributed by atoms with van der Waals surface area (Å²) in [5.74, 6) is -1.16. The Bertz CT molecular complexity index is 508. The molecule has 1 aromatic carbocycles. The molecule has 2 rings (SSSR count). The first kappa shape index (κ1) is 13.7. The van der Waals surface area contributed by atoms with Gasteiger partial charge in [-0.15, -0.1) is 0 Å². The molecule has 4 nitrogen and oxygen atoms in total. The summed E-state index contributed by atoms with van der Waals surface area (Å²) in [5, 5.41) is 13.8. The van der Waals surface area contributed by atoms with Crippen LogP contribution in [0.15, 0.2) is 12.1 Å². The number of rotatable bonds is 3. The van der Waals surface area contributed by atoms with Crippen LogP contribution in [-0.4, -0.2) is 11.0 Å². The second-order valence-electron chi connectivity index (χ2n) is 5.21. The summed E-state index contributed by atoms with van der Waals surface area (Å²) in [6, 6.07) is 1.52. The first-order valence-electron chi connectivity index (χ1n) is 6.30. The first-order valence-corrected chi connectivity index (χ1v) is 6.30. The second kappa shape index (κ2) is 5.11. The van der Waals surface area contributed by atoms with Gasteiger partial charge in [0.05, 0.1) is 4.92 Å². The topological polar surface area (TPSA) is 55.2 Å². The highest BCUT2D eigenvalue weighted by Gasteiger charge is 2.32. The summed E-state index contributed by atoms with van der Waals surface area (Å²) in [7, 11) is 0. The molecule has 1 N–H and O–H groups in total. The normalized spacial score (nSPS) is 26.4. The maximum absolute atomic E-state index is 13.5. The minimum atomic E-state index is -1.15. The first-order chi connectivity index (χ1) is 8.90. The molecule has 0 aliphatic heterocycles. The SMILES string of the molecule is CC1CCC(Nc2cc(F)cc(F)c2[N+](=O)[O-])C1C. The van der Waals surface area contributed by atoms with Crippen LogP contribution in [0.5, 0.6) is 0 Å². The van der Waals surface area contributed by atoms with Gasteiger partial charge in [0.1, 0.15) is 11.5 Å². The zero-order chi connectivity index (χ0) is 14.2. The van der Waals surface area contributed by atoms with Gasteiger partial charge >= 0.3 is 5.69 Å². The zero-order valence-corrected chi connectivity index (χ0v) is 10.8. The van der Waals surface area contributed by atoms with Crippen LogP contribution in [0.25, 0.3) is 0 Å². The molecule has 0 spiro atoms. The van der Waals surface area contributed by atoms with Gasteiger partial charge in [0.15, 0.2) is 0 Å². The van der Waals surface area contributed by atoms with Crippen molar-refractivity contribution < 1.29 is 13.7 Å². The summed E-state index contributed by atoms with van der Waals surface area (Å²) in [4.78, 5) is 10.1. The molecule has 6 heteroatoms. The van der Waals surface area contributed by atoms with Gasteiger partial charge in [0.2, 0.25) is 5.82 Å². The van der Waals surface area contributed by atoms with Crippen molar-refractivity contribution in [2.24, 2.45) is 11.8 Å². The summed E-state index contributed by atoms with van der Waals surface area (Å²) in [6.45, 7) is 4.14. The van der Waals surface area contributed by atoms with Gasteiger partial charge in [-0.3, -0.25) is 10.1 Å². The molecule has 1 aliphatic carbocycles. The van der Waals surface area contributed by atoms with Crippen LogP contribution in [-0.2, 0) is 0 Å². The highest BCUT2D eigenvalue weighted by atomic mass is 19.1. The number of hydrogen-bond donors (Lipinski definition) is 1. The van der Waals surface area contributed by atoms with Crippen molar-refractivity contribution in [3.63, 3.8) is 0 Å². The molecule has 104 valence electrons. The van der Waals surface area contributed by atoms with Crippen LogP contribution in [0, 0.1) is 33.6 Å². The van der Waals surface area contributed by atoms with Gasteiger partial charge < -0.3 is 5.32 Å². The lowest BCUT2D eigenvalue weighted by molar-refractivity contribution is -0.386. The third-order valence-electron chi connectivity index (χ3n) is 4.02. The smallest absolute Gasteiger partial charge is 0.327 e. The molecule has 3 atom stereocenters. The number of nitro benzene ring substituents is 1. The van der Waals surface area contributed by atoms with Gasteiger partial charge in [-0.1, -0.05) is 13.8 Å². The van der Waals surface area contributed by atoms with Gasteiger partial charge in [0, 0.05) is 18.2 Å². The monoisotopic (exact) mass is 270 g/mol. The lowest BCUT2D eigenvalue weighted by atomic mass is 9.97. The summed E-state index contributed by atoms with van der Waals surface area (Å²) < 4.78 is 26.7. The molecule has 1 aromatic rings. The Balaban J connectivity index is 2.32. The molecule has 0 bridgehead atoms. The van der Waals surface area contributed by atoms with Crippen LogP contribution in [0.2, 0.25) is 0 Å². The average Bonchev–Trinajstić information content (AvgIpc) is 2.59. The third kappa shape index (κ3) is 2.67. The highest BCUT2D eigenvalue weighted by Crippen LogP contribution is 2.36. The van der Waals surface area contributed by atoms with E-state index in [9.17, 15) is 18.9 Å². The molecular weight excluding hydrogens is 254 g/mol. The summed E-state index contributed by atoms with van der Waals surface area (Å²) >= 11 is 0. The quantitative estimate of drug-likeness (QED) is 0.672.